The van der Waals surface area contributed by atoms with Crippen LogP contribution in [0, 0.1) is 0 Å². The lowest BCUT2D eigenvalue weighted by Crippen LogP contribution is -2.29. The molecule has 0 saturated heterocycles. The van der Waals surface area contributed by atoms with Gasteiger partial charge in [0.1, 0.15) is 9.84 Å². The molecule has 18 heavy (non-hydrogen) atoms. The standard InChI is InChI=1S/C13H20N2O2S/c1-18(16,17)10-9-15-8-4-6-12(14)11-5-2-3-7-13(11)15/h2-3,5,7,12H,4,6,8-10,14H2,1H3. The average molecular weight is 268 g/mol. The van der Waals surface area contributed by atoms with Crippen molar-refractivity contribution in [2.45, 2.75) is 18.9 Å². The molecule has 0 fully saturated rings. The molecule has 4 nitrogen and oxygen atoms in total. The van der Waals surface area contributed by atoms with Crippen molar-refractivity contribution in [3.63, 3.8) is 0 Å². The summed E-state index contributed by atoms with van der Waals surface area (Å²) in [5.41, 5.74) is 8.36. The minimum atomic E-state index is -2.92. The lowest BCUT2D eigenvalue weighted by Gasteiger charge is -2.25. The third-order valence-electron chi connectivity index (χ3n) is 3.35. The summed E-state index contributed by atoms with van der Waals surface area (Å²) in [6.45, 7) is 1.42. The molecule has 1 aromatic rings. The van der Waals surface area contributed by atoms with E-state index in [0.717, 1.165) is 30.6 Å². The second-order valence-corrected chi connectivity index (χ2v) is 7.18. The molecule has 2 N–H and O–H groups in total. The number of hydrogen-bond donors (Lipinski definition) is 1. The van der Waals surface area contributed by atoms with E-state index in [1.807, 2.05) is 24.3 Å². The second-order valence-electron chi connectivity index (χ2n) is 4.92. The number of fused-ring (bicyclic) bond motifs is 1. The molecule has 1 heterocycles. The van der Waals surface area contributed by atoms with Gasteiger partial charge in [-0.3, -0.25) is 0 Å². The Bertz CT molecular complexity index is 513. The first-order valence-corrected chi connectivity index (χ1v) is 8.30. The highest BCUT2D eigenvalue weighted by atomic mass is 32.2. The van der Waals surface area contributed by atoms with Gasteiger partial charge < -0.3 is 10.6 Å². The Balaban J connectivity index is 2.23. The molecule has 1 aromatic carbocycles. The number of rotatable bonds is 3. The van der Waals surface area contributed by atoms with Crippen molar-refractivity contribution in [2.75, 3.05) is 30.0 Å². The van der Waals surface area contributed by atoms with E-state index < -0.39 is 9.84 Å². The van der Waals surface area contributed by atoms with Crippen LogP contribution in [0.15, 0.2) is 24.3 Å². The van der Waals surface area contributed by atoms with Crippen molar-refractivity contribution in [3.05, 3.63) is 29.8 Å². The largest absolute Gasteiger partial charge is 0.370 e. The van der Waals surface area contributed by atoms with Gasteiger partial charge in [0.2, 0.25) is 0 Å². The van der Waals surface area contributed by atoms with Crippen LogP contribution in [-0.4, -0.2) is 33.5 Å². The Kier molecular flexibility index (Phi) is 3.92. The van der Waals surface area contributed by atoms with E-state index >= 15 is 0 Å². The van der Waals surface area contributed by atoms with Crippen molar-refractivity contribution in [2.24, 2.45) is 5.73 Å². The first-order chi connectivity index (χ1) is 8.47. The first-order valence-electron chi connectivity index (χ1n) is 6.24. The SMILES string of the molecule is CS(=O)(=O)CCN1CCCC(N)c2ccccc21. The van der Waals surface area contributed by atoms with Gasteiger partial charge in [-0.15, -0.1) is 0 Å². The van der Waals surface area contributed by atoms with Crippen molar-refractivity contribution >= 4 is 15.5 Å². The third-order valence-corrected chi connectivity index (χ3v) is 4.28. The molecule has 1 unspecified atom stereocenters. The van der Waals surface area contributed by atoms with Gasteiger partial charge in [-0.25, -0.2) is 8.42 Å². The zero-order chi connectivity index (χ0) is 13.2. The summed E-state index contributed by atoms with van der Waals surface area (Å²) in [7, 11) is -2.92. The minimum Gasteiger partial charge on any atom is -0.370 e. The molecule has 1 aliphatic heterocycles. The topological polar surface area (TPSA) is 63.4 Å². The number of anilines is 1. The molecule has 0 aromatic heterocycles. The van der Waals surface area contributed by atoms with Crippen molar-refractivity contribution in [3.8, 4) is 0 Å². The molecule has 1 atom stereocenters. The van der Waals surface area contributed by atoms with Crippen molar-refractivity contribution < 1.29 is 8.42 Å². The summed E-state index contributed by atoms with van der Waals surface area (Å²) < 4.78 is 22.6. The maximum Gasteiger partial charge on any atom is 0.149 e. The van der Waals surface area contributed by atoms with Crippen LogP contribution in [0.4, 0.5) is 5.69 Å². The molecular weight excluding hydrogens is 248 g/mol. The van der Waals surface area contributed by atoms with E-state index in [9.17, 15) is 8.42 Å². The molecule has 0 amide bonds. The van der Waals surface area contributed by atoms with Crippen LogP contribution < -0.4 is 10.6 Å². The van der Waals surface area contributed by atoms with Crippen LogP contribution in [0.1, 0.15) is 24.4 Å². The monoisotopic (exact) mass is 268 g/mol. The van der Waals surface area contributed by atoms with Gasteiger partial charge in [-0.1, -0.05) is 18.2 Å². The number of para-hydroxylation sites is 1. The number of benzene rings is 1. The van der Waals surface area contributed by atoms with E-state index in [2.05, 4.69) is 4.90 Å². The van der Waals surface area contributed by atoms with E-state index in [0.29, 0.717) is 6.54 Å². The highest BCUT2D eigenvalue weighted by Gasteiger charge is 2.20. The Morgan fingerprint density at radius 1 is 1.39 bits per heavy atom. The van der Waals surface area contributed by atoms with E-state index in [-0.39, 0.29) is 11.8 Å². The van der Waals surface area contributed by atoms with Crippen LogP contribution in [0.25, 0.3) is 0 Å². The fourth-order valence-electron chi connectivity index (χ4n) is 2.38. The van der Waals surface area contributed by atoms with Gasteiger partial charge in [0.05, 0.1) is 5.75 Å². The van der Waals surface area contributed by atoms with Crippen molar-refractivity contribution in [1.82, 2.24) is 0 Å². The third kappa shape index (κ3) is 3.23. The van der Waals surface area contributed by atoms with Crippen molar-refractivity contribution in [1.29, 1.82) is 0 Å². The molecule has 1 aliphatic rings. The lowest BCUT2D eigenvalue weighted by atomic mass is 10.0. The van der Waals surface area contributed by atoms with Gasteiger partial charge >= 0.3 is 0 Å². The number of nitrogens with two attached hydrogens (primary N) is 1. The normalized spacial score (nSPS) is 20.3. The van der Waals surface area contributed by atoms with Gasteiger partial charge in [-0.05, 0) is 24.5 Å². The Morgan fingerprint density at radius 2 is 2.11 bits per heavy atom. The number of sulfone groups is 1. The van der Waals surface area contributed by atoms with Crippen LogP contribution in [0.2, 0.25) is 0 Å². The van der Waals surface area contributed by atoms with E-state index in [4.69, 9.17) is 5.73 Å². The highest BCUT2D eigenvalue weighted by molar-refractivity contribution is 7.90. The van der Waals surface area contributed by atoms with Crippen LogP contribution in [0.3, 0.4) is 0 Å². The Hall–Kier alpha value is -1.07. The molecule has 2 rings (SSSR count). The van der Waals surface area contributed by atoms with Gasteiger partial charge in [0.25, 0.3) is 0 Å². The van der Waals surface area contributed by atoms with E-state index in [1.165, 1.54) is 6.26 Å². The predicted molar refractivity (Wildman–Crippen MR) is 74.5 cm³/mol. The van der Waals surface area contributed by atoms with E-state index in [1.54, 1.807) is 0 Å². The number of hydrogen-bond acceptors (Lipinski definition) is 4. The molecule has 5 heteroatoms. The number of nitrogens with zero attached hydrogens (tertiary/aromatic N) is 1. The zero-order valence-corrected chi connectivity index (χ0v) is 11.5. The smallest absolute Gasteiger partial charge is 0.149 e. The van der Waals surface area contributed by atoms with Gasteiger partial charge in [0.15, 0.2) is 0 Å². The summed E-state index contributed by atoms with van der Waals surface area (Å²) in [6, 6.07) is 8.09. The summed E-state index contributed by atoms with van der Waals surface area (Å²) in [5.74, 6) is 0.191. The zero-order valence-electron chi connectivity index (χ0n) is 10.7. The highest BCUT2D eigenvalue weighted by Crippen LogP contribution is 2.30. The summed E-state index contributed by atoms with van der Waals surface area (Å²) in [6.07, 6.45) is 3.23. The van der Waals surface area contributed by atoms with Crippen LogP contribution in [0.5, 0.6) is 0 Å². The fraction of sp³-hybridized carbons (Fsp3) is 0.538. The molecular formula is C13H20N2O2S. The lowest BCUT2D eigenvalue weighted by molar-refractivity contribution is 0.598. The maximum atomic E-state index is 11.3. The summed E-state index contributed by atoms with van der Waals surface area (Å²) in [5, 5.41) is 0. The Labute approximate surface area is 109 Å². The first kappa shape index (κ1) is 13.4. The quantitative estimate of drug-likeness (QED) is 0.898. The fourth-order valence-corrected chi connectivity index (χ4v) is 2.93. The van der Waals surface area contributed by atoms with Gasteiger partial charge in [0, 0.05) is 31.1 Å². The molecule has 0 radical (unpaired) electrons. The second kappa shape index (κ2) is 5.28. The van der Waals surface area contributed by atoms with Crippen LogP contribution >= 0.6 is 0 Å². The predicted octanol–water partition coefficient (Wildman–Crippen LogP) is 1.33. The van der Waals surface area contributed by atoms with Gasteiger partial charge in [-0.2, -0.15) is 0 Å². The Morgan fingerprint density at radius 3 is 2.83 bits per heavy atom. The molecule has 0 aliphatic carbocycles. The molecule has 0 spiro atoms. The maximum absolute atomic E-state index is 11.3. The molecule has 0 bridgehead atoms. The average Bonchev–Trinajstić information content (AvgIpc) is 2.46. The molecule has 0 saturated carbocycles. The minimum absolute atomic E-state index is 0.0597. The molecule has 100 valence electrons. The summed E-state index contributed by atoms with van der Waals surface area (Å²) in [4.78, 5) is 2.14. The summed E-state index contributed by atoms with van der Waals surface area (Å²) >= 11 is 0. The van der Waals surface area contributed by atoms with Crippen LogP contribution in [-0.2, 0) is 9.84 Å².